The highest BCUT2D eigenvalue weighted by molar-refractivity contribution is 5.97. The summed E-state index contributed by atoms with van der Waals surface area (Å²) in [5.41, 5.74) is 1.72. The molecule has 122 valence electrons. The SMILES string of the molecule is CN(C)c1ccc(N/C=C(/C#N)C(=O)NCCCC(=O)O)cc1. The summed E-state index contributed by atoms with van der Waals surface area (Å²) in [6, 6.07) is 9.31. The van der Waals surface area contributed by atoms with Gasteiger partial charge in [-0.05, 0) is 30.7 Å². The van der Waals surface area contributed by atoms with Crippen LogP contribution in [-0.2, 0) is 9.59 Å². The molecule has 0 aliphatic carbocycles. The number of aliphatic carboxylic acids is 1. The van der Waals surface area contributed by atoms with Crippen molar-refractivity contribution in [3.63, 3.8) is 0 Å². The van der Waals surface area contributed by atoms with Crippen LogP contribution in [0.4, 0.5) is 11.4 Å². The van der Waals surface area contributed by atoms with Gasteiger partial charge in [-0.1, -0.05) is 0 Å². The van der Waals surface area contributed by atoms with Gasteiger partial charge in [0, 0.05) is 44.6 Å². The molecule has 0 radical (unpaired) electrons. The molecule has 0 atom stereocenters. The normalized spacial score (nSPS) is 10.6. The smallest absolute Gasteiger partial charge is 0.303 e. The lowest BCUT2D eigenvalue weighted by atomic mass is 10.2. The Labute approximate surface area is 135 Å². The lowest BCUT2D eigenvalue weighted by molar-refractivity contribution is -0.137. The van der Waals surface area contributed by atoms with E-state index in [1.54, 1.807) is 0 Å². The number of amides is 1. The number of benzene rings is 1. The molecule has 3 N–H and O–H groups in total. The predicted molar refractivity (Wildman–Crippen MR) is 88.0 cm³/mol. The molecule has 0 bridgehead atoms. The van der Waals surface area contributed by atoms with Crippen LogP contribution in [0.25, 0.3) is 0 Å². The Hall–Kier alpha value is -3.01. The molecule has 7 heteroatoms. The van der Waals surface area contributed by atoms with Crippen molar-refractivity contribution in [2.24, 2.45) is 0 Å². The van der Waals surface area contributed by atoms with E-state index in [0.29, 0.717) is 6.42 Å². The van der Waals surface area contributed by atoms with Crippen LogP contribution in [0.5, 0.6) is 0 Å². The number of rotatable bonds is 8. The van der Waals surface area contributed by atoms with Gasteiger partial charge in [-0.25, -0.2) is 0 Å². The molecule has 1 rings (SSSR count). The van der Waals surface area contributed by atoms with Gasteiger partial charge in [0.2, 0.25) is 0 Å². The zero-order valence-electron chi connectivity index (χ0n) is 13.2. The van der Waals surface area contributed by atoms with E-state index in [1.807, 2.05) is 49.3 Å². The third kappa shape index (κ3) is 6.52. The molecule has 7 nitrogen and oxygen atoms in total. The largest absolute Gasteiger partial charge is 0.481 e. The summed E-state index contributed by atoms with van der Waals surface area (Å²) in [4.78, 5) is 24.1. The van der Waals surface area contributed by atoms with E-state index in [0.717, 1.165) is 11.4 Å². The minimum Gasteiger partial charge on any atom is -0.481 e. The van der Waals surface area contributed by atoms with Gasteiger partial charge in [-0.2, -0.15) is 5.26 Å². The molecule has 0 unspecified atom stereocenters. The van der Waals surface area contributed by atoms with Crippen molar-refractivity contribution in [1.82, 2.24) is 5.32 Å². The van der Waals surface area contributed by atoms with Crippen molar-refractivity contribution in [3.8, 4) is 6.07 Å². The van der Waals surface area contributed by atoms with Gasteiger partial charge in [0.1, 0.15) is 11.6 Å². The summed E-state index contributed by atoms with van der Waals surface area (Å²) in [5, 5.41) is 22.9. The summed E-state index contributed by atoms with van der Waals surface area (Å²) < 4.78 is 0. The number of carboxylic acid groups (broad SMARTS) is 1. The number of nitrogens with zero attached hydrogens (tertiary/aromatic N) is 2. The molecule has 0 aromatic heterocycles. The Kier molecular flexibility index (Phi) is 7.14. The molecule has 1 amide bonds. The third-order valence-corrected chi connectivity index (χ3v) is 2.98. The molecular weight excluding hydrogens is 296 g/mol. The van der Waals surface area contributed by atoms with Crippen LogP contribution < -0.4 is 15.5 Å². The molecule has 0 fully saturated rings. The van der Waals surface area contributed by atoms with Crippen LogP contribution in [0.1, 0.15) is 12.8 Å². The van der Waals surface area contributed by atoms with E-state index in [-0.39, 0.29) is 18.5 Å². The lowest BCUT2D eigenvalue weighted by Crippen LogP contribution is -2.26. The molecule has 0 spiro atoms. The van der Waals surface area contributed by atoms with Crippen molar-refractivity contribution in [1.29, 1.82) is 5.26 Å². The first-order chi connectivity index (χ1) is 10.9. The fraction of sp³-hybridized carbons (Fsp3) is 0.312. The number of carboxylic acids is 1. The first-order valence-electron chi connectivity index (χ1n) is 7.08. The standard InChI is InChI=1S/C16H20N4O3/c1-20(2)14-7-5-13(6-8-14)19-11-12(10-17)16(23)18-9-3-4-15(21)22/h5-8,11,19H,3-4,9H2,1-2H3,(H,18,23)(H,21,22)/b12-11-. The Morgan fingerprint density at radius 1 is 1.30 bits per heavy atom. The molecule has 0 aliphatic rings. The number of nitriles is 1. The Morgan fingerprint density at radius 3 is 2.48 bits per heavy atom. The average Bonchev–Trinajstić information content (AvgIpc) is 2.52. The maximum Gasteiger partial charge on any atom is 0.303 e. The van der Waals surface area contributed by atoms with Crippen LogP contribution in [0.3, 0.4) is 0 Å². The van der Waals surface area contributed by atoms with E-state index in [1.165, 1.54) is 6.20 Å². The van der Waals surface area contributed by atoms with Gasteiger partial charge in [0.05, 0.1) is 0 Å². The quantitative estimate of drug-likeness (QED) is 0.382. The number of hydrogen-bond acceptors (Lipinski definition) is 5. The average molecular weight is 316 g/mol. The van der Waals surface area contributed by atoms with Crippen LogP contribution in [0, 0.1) is 11.3 Å². The summed E-state index contributed by atoms with van der Waals surface area (Å²) in [6.07, 6.45) is 1.62. The van der Waals surface area contributed by atoms with Crippen LogP contribution in [-0.4, -0.2) is 37.6 Å². The minimum atomic E-state index is -0.918. The minimum absolute atomic E-state index is 0.0254. The van der Waals surface area contributed by atoms with Crippen LogP contribution in [0.15, 0.2) is 36.0 Å². The van der Waals surface area contributed by atoms with Crippen LogP contribution in [0.2, 0.25) is 0 Å². The fourth-order valence-electron chi connectivity index (χ4n) is 1.70. The highest BCUT2D eigenvalue weighted by Gasteiger charge is 2.08. The second kappa shape index (κ2) is 9.10. The molecular formula is C16H20N4O3. The highest BCUT2D eigenvalue weighted by Crippen LogP contribution is 2.15. The zero-order chi connectivity index (χ0) is 17.2. The Morgan fingerprint density at radius 2 is 1.96 bits per heavy atom. The van der Waals surface area contributed by atoms with E-state index in [4.69, 9.17) is 10.4 Å². The molecule has 23 heavy (non-hydrogen) atoms. The van der Waals surface area contributed by atoms with Gasteiger partial charge in [0.25, 0.3) is 5.91 Å². The topological polar surface area (TPSA) is 105 Å². The van der Waals surface area contributed by atoms with Crippen molar-refractivity contribution < 1.29 is 14.7 Å². The number of carbonyl (C=O) groups is 2. The third-order valence-electron chi connectivity index (χ3n) is 2.98. The van der Waals surface area contributed by atoms with Gasteiger partial charge >= 0.3 is 5.97 Å². The zero-order valence-corrected chi connectivity index (χ0v) is 13.2. The van der Waals surface area contributed by atoms with Crippen molar-refractivity contribution >= 4 is 23.3 Å². The first kappa shape index (κ1) is 18.0. The predicted octanol–water partition coefficient (Wildman–Crippen LogP) is 1.55. The van der Waals surface area contributed by atoms with Crippen molar-refractivity contribution in [2.45, 2.75) is 12.8 Å². The van der Waals surface area contributed by atoms with Crippen molar-refractivity contribution in [2.75, 3.05) is 30.9 Å². The van der Waals surface area contributed by atoms with Gasteiger partial charge in [-0.3, -0.25) is 9.59 Å². The monoisotopic (exact) mass is 316 g/mol. The number of nitrogens with one attached hydrogen (secondary N) is 2. The van der Waals surface area contributed by atoms with E-state index in [9.17, 15) is 9.59 Å². The molecule has 1 aromatic rings. The molecule has 0 saturated heterocycles. The maximum absolute atomic E-state index is 11.8. The van der Waals surface area contributed by atoms with Gasteiger partial charge in [0.15, 0.2) is 0 Å². The number of anilines is 2. The van der Waals surface area contributed by atoms with E-state index < -0.39 is 11.9 Å². The second-order valence-electron chi connectivity index (χ2n) is 5.01. The van der Waals surface area contributed by atoms with E-state index in [2.05, 4.69) is 10.6 Å². The summed E-state index contributed by atoms with van der Waals surface area (Å²) >= 11 is 0. The van der Waals surface area contributed by atoms with Crippen molar-refractivity contribution in [3.05, 3.63) is 36.0 Å². The maximum atomic E-state index is 11.8. The summed E-state index contributed by atoms with van der Waals surface area (Å²) in [6.45, 7) is 0.210. The molecule has 0 aliphatic heterocycles. The second-order valence-corrected chi connectivity index (χ2v) is 5.01. The molecule has 0 heterocycles. The molecule has 1 aromatic carbocycles. The first-order valence-corrected chi connectivity index (χ1v) is 7.08. The number of carbonyl (C=O) groups excluding carboxylic acids is 1. The highest BCUT2D eigenvalue weighted by atomic mass is 16.4. The van der Waals surface area contributed by atoms with Crippen LogP contribution >= 0.6 is 0 Å². The fourth-order valence-corrected chi connectivity index (χ4v) is 1.70. The van der Waals surface area contributed by atoms with Gasteiger partial charge < -0.3 is 20.6 Å². The Balaban J connectivity index is 2.56. The molecule has 0 saturated carbocycles. The summed E-state index contributed by atoms with van der Waals surface area (Å²) in [7, 11) is 3.87. The number of hydrogen-bond donors (Lipinski definition) is 3. The Bertz CT molecular complexity index is 615. The summed E-state index contributed by atoms with van der Waals surface area (Å²) in [5.74, 6) is -1.45. The lowest BCUT2D eigenvalue weighted by Gasteiger charge is -2.12. The van der Waals surface area contributed by atoms with E-state index >= 15 is 0 Å². The van der Waals surface area contributed by atoms with Gasteiger partial charge in [-0.15, -0.1) is 0 Å².